The molecule has 1 aliphatic rings. The summed E-state index contributed by atoms with van der Waals surface area (Å²) in [5, 5.41) is 4.66. The van der Waals surface area contributed by atoms with E-state index < -0.39 is 17.9 Å². The van der Waals surface area contributed by atoms with Crippen LogP contribution in [-0.2, 0) is 16.1 Å². The number of halogens is 1. The number of primary amides is 1. The molecule has 26 heavy (non-hydrogen) atoms. The minimum absolute atomic E-state index is 0.0469. The Balaban J connectivity index is 2.01. The quantitative estimate of drug-likeness (QED) is 0.684. The van der Waals surface area contributed by atoms with E-state index in [1.165, 1.54) is 6.07 Å². The molecule has 4 amide bonds. The first-order chi connectivity index (χ1) is 12.4. The molecule has 1 aliphatic heterocycles. The third-order valence-electron chi connectivity index (χ3n) is 4.54. The van der Waals surface area contributed by atoms with Crippen molar-refractivity contribution in [3.05, 3.63) is 29.6 Å². The molecular weight excluding hydrogens is 339 g/mol. The summed E-state index contributed by atoms with van der Waals surface area (Å²) in [5.74, 6) is -1.95. The zero-order valence-electron chi connectivity index (χ0n) is 14.9. The second-order valence-electron chi connectivity index (χ2n) is 6.37. The van der Waals surface area contributed by atoms with Crippen LogP contribution >= 0.6 is 0 Å². The van der Waals surface area contributed by atoms with Gasteiger partial charge in [0.2, 0.25) is 11.8 Å². The van der Waals surface area contributed by atoms with Crippen LogP contribution in [0.25, 0.3) is 0 Å². The number of hydrogen-bond donors (Lipinski definition) is 3. The van der Waals surface area contributed by atoms with Gasteiger partial charge in [-0.3, -0.25) is 14.9 Å². The smallest absolute Gasteiger partial charge is 0.318 e. The van der Waals surface area contributed by atoms with E-state index in [4.69, 9.17) is 5.73 Å². The number of hydrogen-bond acceptors (Lipinski definition) is 4. The topological polar surface area (TPSA) is 105 Å². The van der Waals surface area contributed by atoms with Crippen molar-refractivity contribution in [1.82, 2.24) is 10.6 Å². The molecule has 1 aromatic carbocycles. The number of nitrogens with zero attached hydrogens (tertiary/aromatic N) is 1. The van der Waals surface area contributed by atoms with Crippen molar-refractivity contribution < 1.29 is 18.8 Å². The van der Waals surface area contributed by atoms with Crippen molar-refractivity contribution in [1.29, 1.82) is 0 Å². The number of imide groups is 1. The largest absolute Gasteiger partial charge is 0.371 e. The Morgan fingerprint density at radius 1 is 1.27 bits per heavy atom. The fourth-order valence-corrected chi connectivity index (χ4v) is 3.13. The van der Waals surface area contributed by atoms with Crippen LogP contribution in [0.1, 0.15) is 38.2 Å². The highest BCUT2D eigenvalue weighted by atomic mass is 19.1. The highest BCUT2D eigenvalue weighted by molar-refractivity contribution is 5.95. The molecular formula is C18H25FN4O3. The van der Waals surface area contributed by atoms with Crippen LogP contribution in [0.3, 0.4) is 0 Å². The first-order valence-corrected chi connectivity index (χ1v) is 8.81. The summed E-state index contributed by atoms with van der Waals surface area (Å²) in [4.78, 5) is 36.8. The summed E-state index contributed by atoms with van der Waals surface area (Å²) < 4.78 is 14.3. The summed E-state index contributed by atoms with van der Waals surface area (Å²) in [7, 11) is 0. The number of anilines is 1. The van der Waals surface area contributed by atoms with E-state index in [0.717, 1.165) is 31.6 Å². The molecule has 4 N–H and O–H groups in total. The van der Waals surface area contributed by atoms with E-state index in [1.54, 1.807) is 13.0 Å². The Labute approximate surface area is 152 Å². The molecule has 0 saturated carbocycles. The van der Waals surface area contributed by atoms with Gasteiger partial charge in [0.15, 0.2) is 0 Å². The van der Waals surface area contributed by atoms with Crippen LogP contribution in [-0.4, -0.2) is 30.9 Å². The fraction of sp³-hybridized carbons (Fsp3) is 0.500. The summed E-state index contributed by atoms with van der Waals surface area (Å²) >= 11 is 0. The minimum atomic E-state index is -0.952. The first-order valence-electron chi connectivity index (χ1n) is 8.81. The van der Waals surface area contributed by atoms with E-state index in [1.807, 2.05) is 11.4 Å². The average molecular weight is 364 g/mol. The Hall–Kier alpha value is -2.64. The maximum absolute atomic E-state index is 14.3. The zero-order valence-corrected chi connectivity index (χ0v) is 14.9. The van der Waals surface area contributed by atoms with Crippen molar-refractivity contribution >= 4 is 23.5 Å². The average Bonchev–Trinajstić information content (AvgIpc) is 3.11. The molecule has 2 rings (SSSR count). The van der Waals surface area contributed by atoms with Gasteiger partial charge in [-0.2, -0.15) is 0 Å². The molecule has 0 radical (unpaired) electrons. The van der Waals surface area contributed by atoms with Crippen molar-refractivity contribution in [3.8, 4) is 0 Å². The van der Waals surface area contributed by atoms with Gasteiger partial charge >= 0.3 is 6.03 Å². The van der Waals surface area contributed by atoms with Gasteiger partial charge in [0.1, 0.15) is 5.82 Å². The van der Waals surface area contributed by atoms with Crippen LogP contribution in [0.5, 0.6) is 0 Å². The summed E-state index contributed by atoms with van der Waals surface area (Å²) in [5.41, 5.74) is 6.13. The van der Waals surface area contributed by atoms with Crippen molar-refractivity contribution in [3.63, 3.8) is 0 Å². The maximum atomic E-state index is 14.3. The normalized spacial score (nSPS) is 14.8. The van der Waals surface area contributed by atoms with Gasteiger partial charge < -0.3 is 16.0 Å². The summed E-state index contributed by atoms with van der Waals surface area (Å²) in [6.45, 7) is 3.55. The minimum Gasteiger partial charge on any atom is -0.371 e. The molecule has 0 aliphatic carbocycles. The molecule has 1 atom stereocenters. The van der Waals surface area contributed by atoms with E-state index in [0.29, 0.717) is 12.0 Å². The van der Waals surface area contributed by atoms with Gasteiger partial charge in [-0.1, -0.05) is 13.0 Å². The van der Waals surface area contributed by atoms with E-state index in [-0.39, 0.29) is 24.7 Å². The lowest BCUT2D eigenvalue weighted by atomic mass is 10.0. The number of carbonyl (C=O) groups excluding carboxylic acids is 3. The molecule has 1 saturated heterocycles. The molecule has 0 aromatic heterocycles. The van der Waals surface area contributed by atoms with Crippen molar-refractivity contribution in [2.75, 3.05) is 18.0 Å². The molecule has 142 valence electrons. The standard InChI is InChI=1S/C18H25FN4O3/c1-2-12(10-16(24)22-18(20)26)17(25)21-11-13-14(19)6-5-7-15(13)23-8-3-4-9-23/h5-7,12H,2-4,8-11H2,1H3,(H,21,25)(H3,20,22,24,26). The lowest BCUT2D eigenvalue weighted by Crippen LogP contribution is -2.39. The molecule has 1 unspecified atom stereocenters. The monoisotopic (exact) mass is 364 g/mol. The summed E-state index contributed by atoms with van der Waals surface area (Å²) in [6, 6.07) is 3.94. The molecule has 1 fully saturated rings. The van der Waals surface area contributed by atoms with Gasteiger partial charge in [-0.15, -0.1) is 0 Å². The lowest BCUT2D eigenvalue weighted by molar-refractivity contribution is -0.130. The molecule has 8 heteroatoms. The fourth-order valence-electron chi connectivity index (χ4n) is 3.13. The van der Waals surface area contributed by atoms with E-state index >= 15 is 0 Å². The van der Waals surface area contributed by atoms with Crippen LogP contribution in [0.15, 0.2) is 18.2 Å². The van der Waals surface area contributed by atoms with Crippen LogP contribution in [0, 0.1) is 11.7 Å². The number of nitrogens with one attached hydrogen (secondary N) is 2. The zero-order chi connectivity index (χ0) is 19.1. The van der Waals surface area contributed by atoms with Crippen LogP contribution < -0.4 is 21.3 Å². The molecule has 7 nitrogen and oxygen atoms in total. The third-order valence-corrected chi connectivity index (χ3v) is 4.54. The SMILES string of the molecule is CCC(CC(=O)NC(N)=O)C(=O)NCc1c(F)cccc1N1CCCC1. The number of benzene rings is 1. The van der Waals surface area contributed by atoms with Gasteiger partial charge in [0.25, 0.3) is 0 Å². The first kappa shape index (κ1) is 19.7. The van der Waals surface area contributed by atoms with Crippen LogP contribution in [0.2, 0.25) is 0 Å². The highest BCUT2D eigenvalue weighted by Crippen LogP contribution is 2.26. The number of carbonyl (C=O) groups is 3. The second kappa shape index (κ2) is 9.17. The second-order valence-corrected chi connectivity index (χ2v) is 6.37. The Morgan fingerprint density at radius 3 is 2.58 bits per heavy atom. The Bertz CT molecular complexity index is 674. The summed E-state index contributed by atoms with van der Waals surface area (Å²) in [6.07, 6.45) is 2.39. The lowest BCUT2D eigenvalue weighted by Gasteiger charge is -2.22. The molecule has 0 bridgehead atoms. The maximum Gasteiger partial charge on any atom is 0.318 e. The number of rotatable bonds is 7. The Kier molecular flexibility index (Phi) is 6.94. The van der Waals surface area contributed by atoms with Gasteiger partial charge in [-0.25, -0.2) is 9.18 Å². The number of nitrogens with two attached hydrogens (primary N) is 1. The molecule has 0 spiro atoms. The number of amides is 4. The molecule has 1 aromatic rings. The van der Waals surface area contributed by atoms with Gasteiger partial charge in [0, 0.05) is 43.2 Å². The van der Waals surface area contributed by atoms with Crippen LogP contribution in [0.4, 0.5) is 14.9 Å². The Morgan fingerprint density at radius 2 is 1.96 bits per heavy atom. The third kappa shape index (κ3) is 5.18. The number of urea groups is 1. The van der Waals surface area contributed by atoms with Crippen molar-refractivity contribution in [2.45, 2.75) is 39.2 Å². The van der Waals surface area contributed by atoms with Crippen molar-refractivity contribution in [2.24, 2.45) is 11.7 Å². The highest BCUT2D eigenvalue weighted by Gasteiger charge is 2.23. The van der Waals surface area contributed by atoms with E-state index in [2.05, 4.69) is 10.2 Å². The van der Waals surface area contributed by atoms with E-state index in [9.17, 15) is 18.8 Å². The predicted molar refractivity (Wildman–Crippen MR) is 95.8 cm³/mol. The molecule has 1 heterocycles. The van der Waals surface area contributed by atoms with Gasteiger partial charge in [0.05, 0.1) is 0 Å². The predicted octanol–water partition coefficient (Wildman–Crippen LogP) is 1.65. The van der Waals surface area contributed by atoms with Gasteiger partial charge in [-0.05, 0) is 31.4 Å².